The summed E-state index contributed by atoms with van der Waals surface area (Å²) in [6, 6.07) is 11.4. The lowest BCUT2D eigenvalue weighted by Crippen LogP contribution is -2.12. The maximum Gasteiger partial charge on any atom is 0.122 e. The molecule has 3 rings (SSSR count). The van der Waals surface area contributed by atoms with E-state index in [9.17, 15) is 0 Å². The predicted molar refractivity (Wildman–Crippen MR) is 79.7 cm³/mol. The second kappa shape index (κ2) is 5.35. The van der Waals surface area contributed by atoms with Crippen LogP contribution >= 0.6 is 11.6 Å². The number of ether oxygens (including phenoxy) is 2. The smallest absolute Gasteiger partial charge is 0.122 e. The molecule has 1 atom stereocenters. The quantitative estimate of drug-likeness (QED) is 0.942. The molecule has 2 aromatic carbocycles. The molecule has 20 heavy (non-hydrogen) atoms. The molecule has 0 fully saturated rings. The maximum atomic E-state index is 6.34. The van der Waals surface area contributed by atoms with Crippen molar-refractivity contribution in [3.8, 4) is 11.5 Å². The lowest BCUT2D eigenvalue weighted by atomic mass is 9.97. The van der Waals surface area contributed by atoms with Gasteiger partial charge in [-0.05, 0) is 34.9 Å². The number of nitrogens with two attached hydrogens (primary N) is 1. The summed E-state index contributed by atoms with van der Waals surface area (Å²) >= 11 is 6.29. The molecule has 0 amide bonds. The largest absolute Gasteiger partial charge is 0.497 e. The van der Waals surface area contributed by atoms with Crippen molar-refractivity contribution in [2.45, 2.75) is 12.5 Å². The highest BCUT2D eigenvalue weighted by atomic mass is 35.5. The van der Waals surface area contributed by atoms with Gasteiger partial charge in [0.1, 0.15) is 11.5 Å². The number of hydrogen-bond donors (Lipinski definition) is 1. The van der Waals surface area contributed by atoms with Crippen LogP contribution in [0.5, 0.6) is 11.5 Å². The van der Waals surface area contributed by atoms with Crippen molar-refractivity contribution in [3.63, 3.8) is 0 Å². The Balaban J connectivity index is 1.94. The number of fused-ring (bicyclic) bond motifs is 1. The molecule has 0 saturated heterocycles. The molecule has 104 valence electrons. The van der Waals surface area contributed by atoms with Gasteiger partial charge in [0.2, 0.25) is 0 Å². The minimum Gasteiger partial charge on any atom is -0.497 e. The molecule has 4 heteroatoms. The Kier molecular flexibility index (Phi) is 3.55. The molecular weight excluding hydrogens is 274 g/mol. The number of hydrogen-bond acceptors (Lipinski definition) is 3. The fraction of sp³-hybridized carbons (Fsp3) is 0.250. The SMILES string of the molecule is COc1ccc(C(N)c2ccc3c(c2)CCO3)c(Cl)c1. The van der Waals surface area contributed by atoms with E-state index >= 15 is 0 Å². The van der Waals surface area contributed by atoms with Gasteiger partial charge in [0.05, 0.1) is 19.8 Å². The molecule has 0 aromatic heterocycles. The molecule has 0 saturated carbocycles. The van der Waals surface area contributed by atoms with E-state index < -0.39 is 0 Å². The monoisotopic (exact) mass is 289 g/mol. The normalized spacial score (nSPS) is 14.6. The van der Waals surface area contributed by atoms with Crippen LogP contribution in [0.2, 0.25) is 5.02 Å². The highest BCUT2D eigenvalue weighted by Crippen LogP contribution is 2.33. The van der Waals surface area contributed by atoms with Gasteiger partial charge in [0.15, 0.2) is 0 Å². The summed E-state index contributed by atoms with van der Waals surface area (Å²) in [6.45, 7) is 0.747. The Bertz CT molecular complexity index is 642. The van der Waals surface area contributed by atoms with Gasteiger partial charge in [-0.25, -0.2) is 0 Å². The number of rotatable bonds is 3. The fourth-order valence-corrected chi connectivity index (χ4v) is 2.75. The third-order valence-electron chi connectivity index (χ3n) is 3.62. The number of halogens is 1. The minimum atomic E-state index is -0.251. The van der Waals surface area contributed by atoms with E-state index in [1.54, 1.807) is 13.2 Å². The average molecular weight is 290 g/mol. The zero-order valence-electron chi connectivity index (χ0n) is 11.2. The Labute approximate surface area is 123 Å². The third kappa shape index (κ3) is 2.35. The van der Waals surface area contributed by atoms with Crippen LogP contribution in [-0.2, 0) is 6.42 Å². The highest BCUT2D eigenvalue weighted by Gasteiger charge is 2.17. The molecule has 0 aliphatic carbocycles. The maximum absolute atomic E-state index is 6.34. The molecule has 2 aromatic rings. The van der Waals surface area contributed by atoms with Gasteiger partial charge in [-0.3, -0.25) is 0 Å². The number of methoxy groups -OCH3 is 1. The zero-order chi connectivity index (χ0) is 14.1. The van der Waals surface area contributed by atoms with Gasteiger partial charge in [0.25, 0.3) is 0 Å². The van der Waals surface area contributed by atoms with Crippen molar-refractivity contribution in [1.29, 1.82) is 0 Å². The van der Waals surface area contributed by atoms with Crippen molar-refractivity contribution < 1.29 is 9.47 Å². The second-order valence-electron chi connectivity index (χ2n) is 4.83. The summed E-state index contributed by atoms with van der Waals surface area (Å²) in [4.78, 5) is 0. The topological polar surface area (TPSA) is 44.5 Å². The Hall–Kier alpha value is -1.71. The van der Waals surface area contributed by atoms with Crippen LogP contribution < -0.4 is 15.2 Å². The van der Waals surface area contributed by atoms with Crippen molar-refractivity contribution in [2.75, 3.05) is 13.7 Å². The summed E-state index contributed by atoms with van der Waals surface area (Å²) in [5, 5.41) is 0.619. The summed E-state index contributed by atoms with van der Waals surface area (Å²) in [5.41, 5.74) is 9.49. The van der Waals surface area contributed by atoms with Crippen LogP contribution in [0.4, 0.5) is 0 Å². The molecule has 1 aliphatic rings. The van der Waals surface area contributed by atoms with Gasteiger partial charge in [-0.15, -0.1) is 0 Å². The first-order chi connectivity index (χ1) is 9.69. The van der Waals surface area contributed by atoms with E-state index in [2.05, 4.69) is 6.07 Å². The molecule has 1 heterocycles. The predicted octanol–water partition coefficient (Wildman–Crippen LogP) is 3.33. The Morgan fingerprint density at radius 3 is 2.85 bits per heavy atom. The van der Waals surface area contributed by atoms with Crippen LogP contribution in [0, 0.1) is 0 Å². The van der Waals surface area contributed by atoms with Crippen LogP contribution in [0.1, 0.15) is 22.7 Å². The fourth-order valence-electron chi connectivity index (χ4n) is 2.47. The first-order valence-electron chi connectivity index (χ1n) is 6.53. The first kappa shape index (κ1) is 13.3. The first-order valence-corrected chi connectivity index (χ1v) is 6.91. The number of benzene rings is 2. The van der Waals surface area contributed by atoms with Crippen LogP contribution in [-0.4, -0.2) is 13.7 Å². The zero-order valence-corrected chi connectivity index (χ0v) is 12.0. The molecule has 0 radical (unpaired) electrons. The van der Waals surface area contributed by atoms with Gasteiger partial charge >= 0.3 is 0 Å². The van der Waals surface area contributed by atoms with Crippen molar-refractivity contribution in [2.24, 2.45) is 5.73 Å². The molecular formula is C16H16ClNO2. The van der Waals surface area contributed by atoms with Crippen LogP contribution in [0.15, 0.2) is 36.4 Å². The van der Waals surface area contributed by atoms with Crippen molar-refractivity contribution >= 4 is 11.6 Å². The molecule has 1 aliphatic heterocycles. The Morgan fingerprint density at radius 1 is 1.25 bits per heavy atom. The summed E-state index contributed by atoms with van der Waals surface area (Å²) in [5.74, 6) is 1.69. The lowest BCUT2D eigenvalue weighted by molar-refractivity contribution is 0.357. The van der Waals surface area contributed by atoms with Gasteiger partial charge in [-0.2, -0.15) is 0 Å². The summed E-state index contributed by atoms with van der Waals surface area (Å²) in [6.07, 6.45) is 0.937. The van der Waals surface area contributed by atoms with Crippen LogP contribution in [0.3, 0.4) is 0 Å². The van der Waals surface area contributed by atoms with E-state index in [0.717, 1.165) is 35.7 Å². The van der Waals surface area contributed by atoms with E-state index in [-0.39, 0.29) is 6.04 Å². The standard InChI is InChI=1S/C16H16ClNO2/c1-19-12-3-4-13(14(17)9-12)16(18)11-2-5-15-10(8-11)6-7-20-15/h2-5,8-9,16H,6-7,18H2,1H3. The van der Waals surface area contributed by atoms with E-state index in [1.165, 1.54) is 5.56 Å². The Morgan fingerprint density at radius 2 is 2.10 bits per heavy atom. The molecule has 0 spiro atoms. The lowest BCUT2D eigenvalue weighted by Gasteiger charge is -2.16. The van der Waals surface area contributed by atoms with Gasteiger partial charge in [-0.1, -0.05) is 29.8 Å². The highest BCUT2D eigenvalue weighted by molar-refractivity contribution is 6.31. The molecule has 3 nitrogen and oxygen atoms in total. The average Bonchev–Trinajstić information content (AvgIpc) is 2.93. The molecule has 0 bridgehead atoms. The van der Waals surface area contributed by atoms with Crippen molar-refractivity contribution in [3.05, 3.63) is 58.1 Å². The van der Waals surface area contributed by atoms with Gasteiger partial charge in [0, 0.05) is 11.4 Å². The van der Waals surface area contributed by atoms with Crippen molar-refractivity contribution in [1.82, 2.24) is 0 Å². The van der Waals surface area contributed by atoms with Crippen LogP contribution in [0.25, 0.3) is 0 Å². The van der Waals surface area contributed by atoms with E-state index in [1.807, 2.05) is 24.3 Å². The minimum absolute atomic E-state index is 0.251. The third-order valence-corrected chi connectivity index (χ3v) is 3.94. The van der Waals surface area contributed by atoms with E-state index in [0.29, 0.717) is 5.02 Å². The van der Waals surface area contributed by atoms with E-state index in [4.69, 9.17) is 26.8 Å². The second-order valence-corrected chi connectivity index (χ2v) is 5.24. The molecule has 2 N–H and O–H groups in total. The molecule has 1 unspecified atom stereocenters. The van der Waals surface area contributed by atoms with Gasteiger partial charge < -0.3 is 15.2 Å². The summed E-state index contributed by atoms with van der Waals surface area (Å²) < 4.78 is 10.7. The summed E-state index contributed by atoms with van der Waals surface area (Å²) in [7, 11) is 1.62.